The molecule has 1 atom stereocenters. The summed E-state index contributed by atoms with van der Waals surface area (Å²) in [7, 11) is 0. The van der Waals surface area contributed by atoms with Crippen LogP contribution in [0.3, 0.4) is 0 Å². The largest absolute Gasteiger partial charge is 0.309 e. The number of aromatic amines is 1. The van der Waals surface area contributed by atoms with E-state index in [1.54, 1.807) is 34.1 Å². The maximum atomic E-state index is 13.3. The molecule has 0 amide bonds. The molecule has 4 aromatic rings. The third-order valence-electron chi connectivity index (χ3n) is 5.75. The molecule has 9 heteroatoms. The van der Waals surface area contributed by atoms with Crippen molar-refractivity contribution in [1.82, 2.24) is 19.5 Å². The third-order valence-corrected chi connectivity index (χ3v) is 8.12. The molecule has 0 fully saturated rings. The summed E-state index contributed by atoms with van der Waals surface area (Å²) in [6.07, 6.45) is 3.09. The number of halogens is 1. The second-order valence-electron chi connectivity index (χ2n) is 7.94. The molecule has 1 aliphatic rings. The Kier molecular flexibility index (Phi) is 5.40. The van der Waals surface area contributed by atoms with Gasteiger partial charge in [-0.2, -0.15) is 0 Å². The summed E-state index contributed by atoms with van der Waals surface area (Å²) < 4.78 is 1.73. The van der Waals surface area contributed by atoms with Gasteiger partial charge in [-0.05, 0) is 55.9 Å². The molecule has 1 aromatic carbocycles. The van der Waals surface area contributed by atoms with Gasteiger partial charge in [-0.15, -0.1) is 11.3 Å². The SMILES string of the molecule is CCn1c(SCc2nc3cc(Cl)ccc3c(=O)[nH]2)nc2sc3c(c2c1=O)CCC(C)C3. The Morgan fingerprint density at radius 2 is 2.16 bits per heavy atom. The Bertz CT molecular complexity index is 1440. The van der Waals surface area contributed by atoms with Gasteiger partial charge in [-0.1, -0.05) is 30.3 Å². The number of thiophene rings is 1. The Morgan fingerprint density at radius 3 is 2.97 bits per heavy atom. The quantitative estimate of drug-likeness (QED) is 0.341. The van der Waals surface area contributed by atoms with Crippen molar-refractivity contribution >= 4 is 55.8 Å². The fraction of sp³-hybridized carbons (Fsp3) is 0.364. The molecule has 31 heavy (non-hydrogen) atoms. The molecule has 0 spiro atoms. The predicted octanol–water partition coefficient (Wildman–Crippen LogP) is 4.78. The number of nitrogens with one attached hydrogen (secondary N) is 1. The van der Waals surface area contributed by atoms with Gasteiger partial charge in [0.05, 0.1) is 22.0 Å². The Labute approximate surface area is 191 Å². The fourth-order valence-electron chi connectivity index (χ4n) is 4.16. The number of benzene rings is 1. The average Bonchev–Trinajstić information content (AvgIpc) is 3.09. The number of rotatable bonds is 4. The minimum atomic E-state index is -0.200. The van der Waals surface area contributed by atoms with E-state index in [2.05, 4.69) is 16.9 Å². The van der Waals surface area contributed by atoms with Crippen molar-refractivity contribution in [2.75, 3.05) is 0 Å². The first-order chi connectivity index (χ1) is 14.9. The van der Waals surface area contributed by atoms with Crippen molar-refractivity contribution in [3.05, 3.63) is 60.2 Å². The first-order valence-corrected chi connectivity index (χ1v) is 12.5. The van der Waals surface area contributed by atoms with Gasteiger partial charge < -0.3 is 4.98 Å². The number of fused-ring (bicyclic) bond motifs is 4. The molecule has 1 aliphatic carbocycles. The molecule has 5 rings (SSSR count). The van der Waals surface area contributed by atoms with Gasteiger partial charge in [-0.25, -0.2) is 9.97 Å². The van der Waals surface area contributed by atoms with Crippen molar-refractivity contribution in [3.8, 4) is 0 Å². The summed E-state index contributed by atoms with van der Waals surface area (Å²) in [4.78, 5) is 40.1. The number of hydrogen-bond donors (Lipinski definition) is 1. The van der Waals surface area contributed by atoms with Crippen LogP contribution in [0.15, 0.2) is 32.9 Å². The summed E-state index contributed by atoms with van der Waals surface area (Å²) in [5.41, 5.74) is 1.59. The van der Waals surface area contributed by atoms with Crippen LogP contribution < -0.4 is 11.1 Å². The standard InChI is InChI=1S/C22H21ClN4O2S2/c1-3-27-21(29)18-14-6-4-11(2)8-16(14)31-20(18)26-22(27)30-10-17-24-15-9-12(23)5-7-13(15)19(28)25-17/h5,7,9,11H,3-4,6,8,10H2,1-2H3,(H,24,25,28). The number of aryl methyl sites for hydroxylation is 1. The Morgan fingerprint density at radius 1 is 1.32 bits per heavy atom. The van der Waals surface area contributed by atoms with E-state index in [-0.39, 0.29) is 11.1 Å². The average molecular weight is 473 g/mol. The molecule has 0 radical (unpaired) electrons. The summed E-state index contributed by atoms with van der Waals surface area (Å²) in [6, 6.07) is 5.03. The Balaban J connectivity index is 1.53. The smallest absolute Gasteiger partial charge is 0.263 e. The summed E-state index contributed by atoms with van der Waals surface area (Å²) >= 11 is 9.12. The number of H-pyrrole nitrogens is 1. The van der Waals surface area contributed by atoms with E-state index in [9.17, 15) is 9.59 Å². The lowest BCUT2D eigenvalue weighted by Gasteiger charge is -2.17. The van der Waals surface area contributed by atoms with Gasteiger partial charge in [0.25, 0.3) is 11.1 Å². The summed E-state index contributed by atoms with van der Waals surface area (Å²) in [5, 5.41) is 2.49. The van der Waals surface area contributed by atoms with E-state index in [1.807, 2.05) is 6.92 Å². The lowest BCUT2D eigenvalue weighted by Crippen LogP contribution is -2.23. The van der Waals surface area contributed by atoms with Gasteiger partial charge in [0, 0.05) is 16.4 Å². The van der Waals surface area contributed by atoms with Crippen LogP contribution in [-0.2, 0) is 25.1 Å². The topological polar surface area (TPSA) is 80.6 Å². The minimum Gasteiger partial charge on any atom is -0.309 e. The number of thioether (sulfide) groups is 1. The van der Waals surface area contributed by atoms with E-state index < -0.39 is 0 Å². The van der Waals surface area contributed by atoms with Crippen LogP contribution in [0.25, 0.3) is 21.1 Å². The van der Waals surface area contributed by atoms with E-state index in [4.69, 9.17) is 16.6 Å². The zero-order valence-corrected chi connectivity index (χ0v) is 19.6. The van der Waals surface area contributed by atoms with Crippen molar-refractivity contribution in [2.24, 2.45) is 5.92 Å². The highest BCUT2D eigenvalue weighted by Crippen LogP contribution is 2.36. The van der Waals surface area contributed by atoms with Crippen LogP contribution in [-0.4, -0.2) is 19.5 Å². The highest BCUT2D eigenvalue weighted by molar-refractivity contribution is 7.98. The normalized spacial score (nSPS) is 16.2. The van der Waals surface area contributed by atoms with E-state index >= 15 is 0 Å². The van der Waals surface area contributed by atoms with Crippen molar-refractivity contribution < 1.29 is 0 Å². The van der Waals surface area contributed by atoms with Crippen LogP contribution in [0.4, 0.5) is 0 Å². The highest BCUT2D eigenvalue weighted by Gasteiger charge is 2.24. The highest BCUT2D eigenvalue weighted by atomic mass is 35.5. The van der Waals surface area contributed by atoms with Crippen molar-refractivity contribution in [1.29, 1.82) is 0 Å². The molecular formula is C22H21ClN4O2S2. The molecule has 1 N–H and O–H groups in total. The lowest BCUT2D eigenvalue weighted by atomic mass is 9.89. The Hall–Kier alpha value is -2.16. The number of nitrogens with zero attached hydrogens (tertiary/aromatic N) is 3. The third kappa shape index (κ3) is 3.70. The minimum absolute atomic E-state index is 0.0359. The van der Waals surface area contributed by atoms with Crippen LogP contribution in [0, 0.1) is 5.92 Å². The van der Waals surface area contributed by atoms with Crippen LogP contribution in [0.2, 0.25) is 5.02 Å². The zero-order chi connectivity index (χ0) is 21.7. The van der Waals surface area contributed by atoms with Gasteiger partial charge in [0.15, 0.2) is 5.16 Å². The number of hydrogen-bond acceptors (Lipinski definition) is 6. The molecule has 0 saturated carbocycles. The van der Waals surface area contributed by atoms with Crippen LogP contribution in [0.1, 0.15) is 36.5 Å². The zero-order valence-electron chi connectivity index (χ0n) is 17.2. The molecular weight excluding hydrogens is 452 g/mol. The molecule has 3 aromatic heterocycles. The maximum Gasteiger partial charge on any atom is 0.263 e. The summed E-state index contributed by atoms with van der Waals surface area (Å²) in [6.45, 7) is 4.76. The van der Waals surface area contributed by atoms with Crippen molar-refractivity contribution in [3.63, 3.8) is 0 Å². The monoisotopic (exact) mass is 472 g/mol. The van der Waals surface area contributed by atoms with E-state index in [1.165, 1.54) is 22.2 Å². The molecule has 160 valence electrons. The second kappa shape index (κ2) is 8.07. The van der Waals surface area contributed by atoms with Crippen molar-refractivity contribution in [2.45, 2.75) is 50.6 Å². The van der Waals surface area contributed by atoms with Gasteiger partial charge in [0.2, 0.25) is 0 Å². The molecule has 0 aliphatic heterocycles. The first-order valence-electron chi connectivity index (χ1n) is 10.3. The van der Waals surface area contributed by atoms with Crippen LogP contribution in [0.5, 0.6) is 0 Å². The number of aromatic nitrogens is 4. The lowest BCUT2D eigenvalue weighted by molar-refractivity contribution is 0.509. The van der Waals surface area contributed by atoms with E-state index in [0.29, 0.717) is 45.1 Å². The molecule has 3 heterocycles. The molecule has 0 bridgehead atoms. The van der Waals surface area contributed by atoms with Gasteiger partial charge in [-0.3, -0.25) is 14.2 Å². The molecule has 6 nitrogen and oxygen atoms in total. The fourth-order valence-corrected chi connectivity index (χ4v) is 6.68. The van der Waals surface area contributed by atoms with E-state index in [0.717, 1.165) is 29.5 Å². The van der Waals surface area contributed by atoms with Gasteiger partial charge >= 0.3 is 0 Å². The first kappa shape index (κ1) is 20.7. The predicted molar refractivity (Wildman–Crippen MR) is 128 cm³/mol. The molecule has 0 saturated heterocycles. The van der Waals surface area contributed by atoms with Crippen LogP contribution >= 0.6 is 34.7 Å². The molecule has 1 unspecified atom stereocenters. The van der Waals surface area contributed by atoms with Gasteiger partial charge in [0.1, 0.15) is 10.7 Å². The second-order valence-corrected chi connectivity index (χ2v) is 10.4. The summed E-state index contributed by atoms with van der Waals surface area (Å²) in [5.74, 6) is 1.57. The maximum absolute atomic E-state index is 13.3.